The van der Waals surface area contributed by atoms with Crippen LogP contribution in [0.5, 0.6) is 0 Å². The third-order valence-electron chi connectivity index (χ3n) is 2.06. The fourth-order valence-corrected chi connectivity index (χ4v) is 1.45. The normalized spacial score (nSPS) is 13.5. The van der Waals surface area contributed by atoms with Crippen molar-refractivity contribution in [2.75, 3.05) is 10.9 Å². The molecule has 5 heteroatoms. The average Bonchev–Trinajstić information content (AvgIpc) is 2.65. The second-order valence-corrected chi connectivity index (χ2v) is 2.82. The molecule has 0 bridgehead atoms. The second-order valence-electron chi connectivity index (χ2n) is 2.82. The van der Waals surface area contributed by atoms with Crippen LogP contribution >= 0.6 is 0 Å². The summed E-state index contributed by atoms with van der Waals surface area (Å²) in [5.74, 6) is 0. The Bertz CT molecular complexity index is 467. The topological polar surface area (TPSA) is 61.9 Å². The number of hydrazine groups is 2. The van der Waals surface area contributed by atoms with Crippen molar-refractivity contribution in [1.82, 2.24) is 15.5 Å². The van der Waals surface area contributed by atoms with Crippen molar-refractivity contribution in [2.45, 2.75) is 0 Å². The third kappa shape index (κ3) is 0.844. The number of aromatic nitrogens is 2. The number of nitrogens with one attached hydrogen (secondary N) is 3. The van der Waals surface area contributed by atoms with Gasteiger partial charge in [0.2, 0.25) is 0 Å². The van der Waals surface area contributed by atoms with Crippen LogP contribution in [0.25, 0.3) is 10.9 Å². The summed E-state index contributed by atoms with van der Waals surface area (Å²) < 4.78 is 0. The third-order valence-corrected chi connectivity index (χ3v) is 2.06. The number of nitrogens with zero attached hydrogens (tertiary/aromatic N) is 2. The first-order valence-corrected chi connectivity index (χ1v) is 3.95. The van der Waals surface area contributed by atoms with Gasteiger partial charge >= 0.3 is 0 Å². The Morgan fingerprint density at radius 3 is 3.15 bits per heavy atom. The predicted octanol–water partition coefficient (Wildman–Crippen LogP) is 0.887. The molecule has 1 aliphatic heterocycles. The van der Waals surface area contributed by atoms with Crippen LogP contribution in [0.2, 0.25) is 0 Å². The maximum atomic E-state index is 4.20. The average molecular weight is 173 g/mol. The second kappa shape index (κ2) is 2.30. The summed E-state index contributed by atoms with van der Waals surface area (Å²) in [6, 6.07) is 3.96. The molecule has 5 nitrogen and oxygen atoms in total. The number of fused-ring (bicyclic) bond motifs is 3. The predicted molar refractivity (Wildman–Crippen MR) is 49.9 cm³/mol. The van der Waals surface area contributed by atoms with Crippen molar-refractivity contribution >= 4 is 22.3 Å². The zero-order chi connectivity index (χ0) is 8.67. The summed E-state index contributed by atoms with van der Waals surface area (Å²) in [7, 11) is 0. The van der Waals surface area contributed by atoms with Gasteiger partial charge in [-0.05, 0) is 12.1 Å². The van der Waals surface area contributed by atoms with Gasteiger partial charge in [-0.3, -0.25) is 5.43 Å². The number of anilines is 2. The Balaban J connectivity index is 2.43. The van der Waals surface area contributed by atoms with Gasteiger partial charge in [0, 0.05) is 11.6 Å². The maximum absolute atomic E-state index is 4.20. The number of hydrogen-bond acceptors (Lipinski definition) is 5. The van der Waals surface area contributed by atoms with Gasteiger partial charge in [0.1, 0.15) is 17.5 Å². The minimum Gasteiger partial charge on any atom is -0.302 e. The molecule has 0 radical (unpaired) electrons. The highest BCUT2D eigenvalue weighted by Crippen LogP contribution is 2.30. The molecule has 0 saturated heterocycles. The van der Waals surface area contributed by atoms with Gasteiger partial charge in [-0.15, -0.1) is 5.53 Å². The first kappa shape index (κ1) is 6.62. The molecule has 1 aromatic carbocycles. The van der Waals surface area contributed by atoms with Crippen molar-refractivity contribution in [1.29, 1.82) is 0 Å². The molecule has 0 unspecified atom stereocenters. The molecule has 2 aromatic rings. The van der Waals surface area contributed by atoms with Gasteiger partial charge in [0.25, 0.3) is 0 Å². The molecular formula is C8H7N5. The molecule has 0 amide bonds. The van der Waals surface area contributed by atoms with Crippen LogP contribution in [-0.2, 0) is 0 Å². The largest absolute Gasteiger partial charge is 0.302 e. The summed E-state index contributed by atoms with van der Waals surface area (Å²) in [4.78, 5) is 8.16. The summed E-state index contributed by atoms with van der Waals surface area (Å²) in [5.41, 5.74) is 11.7. The molecule has 64 valence electrons. The summed E-state index contributed by atoms with van der Waals surface area (Å²) in [6.45, 7) is 0. The van der Waals surface area contributed by atoms with E-state index in [1.807, 2.05) is 12.1 Å². The molecule has 13 heavy (non-hydrogen) atoms. The van der Waals surface area contributed by atoms with Crippen LogP contribution in [0.3, 0.4) is 0 Å². The van der Waals surface area contributed by atoms with Crippen molar-refractivity contribution in [3.63, 3.8) is 0 Å². The minimum atomic E-state index is 0.921. The molecular weight excluding hydrogens is 166 g/mol. The molecule has 0 saturated carbocycles. The highest BCUT2D eigenvalue weighted by atomic mass is 15.6. The van der Waals surface area contributed by atoms with Crippen molar-refractivity contribution in [3.8, 4) is 0 Å². The fourth-order valence-electron chi connectivity index (χ4n) is 1.45. The molecule has 1 aliphatic rings. The minimum absolute atomic E-state index is 0.921. The Labute approximate surface area is 74.1 Å². The van der Waals surface area contributed by atoms with Crippen LogP contribution in [0.15, 0.2) is 24.7 Å². The Kier molecular flexibility index (Phi) is 1.17. The van der Waals surface area contributed by atoms with Crippen molar-refractivity contribution < 1.29 is 0 Å². The number of rotatable bonds is 0. The van der Waals surface area contributed by atoms with Gasteiger partial charge in [0.05, 0.1) is 5.69 Å². The Morgan fingerprint density at radius 2 is 2.15 bits per heavy atom. The molecule has 3 rings (SSSR count). The van der Waals surface area contributed by atoms with E-state index in [-0.39, 0.29) is 0 Å². The highest BCUT2D eigenvalue weighted by molar-refractivity contribution is 5.97. The van der Waals surface area contributed by atoms with Gasteiger partial charge in [-0.2, -0.15) is 0 Å². The van der Waals surface area contributed by atoms with Gasteiger partial charge in [-0.25, -0.2) is 9.97 Å². The summed E-state index contributed by atoms with van der Waals surface area (Å²) in [6.07, 6.45) is 3.34. The Hall–Kier alpha value is -1.88. The van der Waals surface area contributed by atoms with E-state index < -0.39 is 0 Å². The van der Waals surface area contributed by atoms with E-state index in [1.54, 1.807) is 12.5 Å². The quantitative estimate of drug-likeness (QED) is 0.552. The van der Waals surface area contributed by atoms with E-state index in [2.05, 4.69) is 26.4 Å². The highest BCUT2D eigenvalue weighted by Gasteiger charge is 2.12. The summed E-state index contributed by atoms with van der Waals surface area (Å²) in [5, 5.41) is 1.03. The summed E-state index contributed by atoms with van der Waals surface area (Å²) >= 11 is 0. The van der Waals surface area contributed by atoms with Gasteiger partial charge < -0.3 is 5.43 Å². The van der Waals surface area contributed by atoms with E-state index in [9.17, 15) is 0 Å². The van der Waals surface area contributed by atoms with E-state index in [0.29, 0.717) is 0 Å². The van der Waals surface area contributed by atoms with Crippen LogP contribution in [0, 0.1) is 0 Å². The standard InChI is InChI=1S/C8H7N5/c1-2-6-8(12-13-11-6)7-5(1)3-9-4-10-7/h1-4,11-13H. The Morgan fingerprint density at radius 1 is 1.15 bits per heavy atom. The maximum Gasteiger partial charge on any atom is 0.116 e. The molecule has 1 aromatic heterocycles. The number of hydrogen-bond donors (Lipinski definition) is 3. The number of benzene rings is 1. The molecule has 3 N–H and O–H groups in total. The van der Waals surface area contributed by atoms with E-state index in [1.165, 1.54) is 0 Å². The molecule has 0 fully saturated rings. The zero-order valence-corrected chi connectivity index (χ0v) is 6.70. The van der Waals surface area contributed by atoms with E-state index in [0.717, 1.165) is 22.3 Å². The van der Waals surface area contributed by atoms with Gasteiger partial charge in [0.15, 0.2) is 0 Å². The van der Waals surface area contributed by atoms with E-state index >= 15 is 0 Å². The lowest BCUT2D eigenvalue weighted by Crippen LogP contribution is -2.19. The lowest BCUT2D eigenvalue weighted by Gasteiger charge is -2.00. The van der Waals surface area contributed by atoms with Crippen LogP contribution in [0.4, 0.5) is 11.4 Å². The lowest BCUT2D eigenvalue weighted by atomic mass is 10.2. The van der Waals surface area contributed by atoms with Gasteiger partial charge in [-0.1, -0.05) is 0 Å². The molecule has 0 atom stereocenters. The monoisotopic (exact) mass is 173 g/mol. The molecule has 2 heterocycles. The van der Waals surface area contributed by atoms with Crippen molar-refractivity contribution in [2.24, 2.45) is 0 Å². The van der Waals surface area contributed by atoms with Crippen molar-refractivity contribution in [3.05, 3.63) is 24.7 Å². The molecule has 0 aliphatic carbocycles. The first-order chi connectivity index (χ1) is 6.45. The van der Waals surface area contributed by atoms with Crippen LogP contribution < -0.4 is 16.4 Å². The van der Waals surface area contributed by atoms with Crippen LogP contribution in [-0.4, -0.2) is 9.97 Å². The fraction of sp³-hybridized carbons (Fsp3) is 0. The zero-order valence-electron chi connectivity index (χ0n) is 6.70. The first-order valence-electron chi connectivity index (χ1n) is 3.95. The van der Waals surface area contributed by atoms with Crippen LogP contribution in [0.1, 0.15) is 0 Å². The smallest absolute Gasteiger partial charge is 0.116 e. The lowest BCUT2D eigenvalue weighted by molar-refractivity contribution is 1.01. The van der Waals surface area contributed by atoms with E-state index in [4.69, 9.17) is 0 Å². The SMILES string of the molecule is c1ncc2ccc3c(c2n1)NNN3. The molecule has 0 spiro atoms.